The Hall–Kier alpha value is -2.38. The van der Waals surface area contributed by atoms with Crippen molar-refractivity contribution in [2.24, 2.45) is 0 Å². The number of rotatable bonds is 8. The molecule has 2 rings (SSSR count). The van der Waals surface area contributed by atoms with Crippen LogP contribution in [-0.4, -0.2) is 51.4 Å². The molecule has 0 aliphatic carbocycles. The number of ether oxygens (including phenoxy) is 1. The van der Waals surface area contributed by atoms with Crippen molar-refractivity contribution in [2.45, 2.75) is 42.8 Å². The highest BCUT2D eigenvalue weighted by atomic mass is 32.2. The summed E-state index contributed by atoms with van der Waals surface area (Å²) in [5.74, 6) is -0.921. The molecule has 6 nitrogen and oxygen atoms in total. The van der Waals surface area contributed by atoms with Crippen molar-refractivity contribution in [3.05, 3.63) is 60.3 Å². The number of aliphatic hydroxyl groups excluding tert-OH is 1. The predicted octanol–water partition coefficient (Wildman–Crippen LogP) is 2.51. The Balaban J connectivity index is 2.29. The third-order valence-electron chi connectivity index (χ3n) is 4.00. The first-order valence-corrected chi connectivity index (χ1v) is 9.50. The van der Waals surface area contributed by atoms with E-state index < -0.39 is 23.4 Å². The van der Waals surface area contributed by atoms with E-state index in [4.69, 9.17) is 4.74 Å². The van der Waals surface area contributed by atoms with Gasteiger partial charge >= 0.3 is 5.97 Å². The van der Waals surface area contributed by atoms with Gasteiger partial charge in [0, 0.05) is 12.7 Å². The van der Waals surface area contributed by atoms with Gasteiger partial charge in [-0.05, 0) is 31.5 Å². The number of pyridine rings is 1. The van der Waals surface area contributed by atoms with E-state index in [1.54, 1.807) is 19.2 Å². The SMILES string of the molecule is COC(=O)[C@H]([C@@H](C)O)N(Cc1ccccc1)C(=O)C(C)Sc1ccccn1. The molecular weight excluding hydrogens is 364 g/mol. The third kappa shape index (κ3) is 5.80. The summed E-state index contributed by atoms with van der Waals surface area (Å²) in [5.41, 5.74) is 0.857. The summed E-state index contributed by atoms with van der Waals surface area (Å²) < 4.78 is 4.83. The number of carbonyl (C=O) groups excluding carboxylic acids is 2. The largest absolute Gasteiger partial charge is 0.467 e. The Labute approximate surface area is 163 Å². The molecule has 27 heavy (non-hydrogen) atoms. The maximum atomic E-state index is 13.2. The highest BCUT2D eigenvalue weighted by Crippen LogP contribution is 2.24. The summed E-state index contributed by atoms with van der Waals surface area (Å²) in [7, 11) is 1.24. The van der Waals surface area contributed by atoms with Gasteiger partial charge in [-0.25, -0.2) is 9.78 Å². The molecule has 0 aliphatic rings. The zero-order chi connectivity index (χ0) is 19.8. The predicted molar refractivity (Wildman–Crippen MR) is 104 cm³/mol. The number of amides is 1. The fourth-order valence-electron chi connectivity index (χ4n) is 2.68. The lowest BCUT2D eigenvalue weighted by Crippen LogP contribution is -2.52. The minimum absolute atomic E-state index is 0.192. The molecule has 0 saturated carbocycles. The molecular formula is C20H24N2O4S. The lowest BCUT2D eigenvalue weighted by Gasteiger charge is -2.33. The molecule has 1 aromatic carbocycles. The quantitative estimate of drug-likeness (QED) is 0.553. The number of esters is 1. The zero-order valence-corrected chi connectivity index (χ0v) is 16.4. The molecule has 7 heteroatoms. The second-order valence-corrected chi connectivity index (χ2v) is 7.45. The molecule has 3 atom stereocenters. The van der Waals surface area contributed by atoms with Gasteiger partial charge in [0.2, 0.25) is 5.91 Å². The number of hydrogen-bond acceptors (Lipinski definition) is 6. The highest BCUT2D eigenvalue weighted by molar-refractivity contribution is 8.00. The van der Waals surface area contributed by atoms with Gasteiger partial charge in [-0.2, -0.15) is 0 Å². The molecule has 0 spiro atoms. The van der Waals surface area contributed by atoms with Crippen LogP contribution in [0.4, 0.5) is 0 Å². The number of thioether (sulfide) groups is 1. The van der Waals surface area contributed by atoms with Crippen molar-refractivity contribution in [3.8, 4) is 0 Å². The fraction of sp³-hybridized carbons (Fsp3) is 0.350. The molecule has 0 aliphatic heterocycles. The van der Waals surface area contributed by atoms with Gasteiger partial charge in [-0.15, -0.1) is 0 Å². The lowest BCUT2D eigenvalue weighted by atomic mass is 10.1. The van der Waals surface area contributed by atoms with E-state index in [9.17, 15) is 14.7 Å². The first kappa shape index (κ1) is 20.9. The summed E-state index contributed by atoms with van der Waals surface area (Å²) >= 11 is 1.30. The van der Waals surface area contributed by atoms with Crippen molar-refractivity contribution in [1.29, 1.82) is 0 Å². The molecule has 1 N–H and O–H groups in total. The van der Waals surface area contributed by atoms with Crippen molar-refractivity contribution < 1.29 is 19.4 Å². The molecule has 0 bridgehead atoms. The van der Waals surface area contributed by atoms with Crippen LogP contribution in [-0.2, 0) is 20.9 Å². The van der Waals surface area contributed by atoms with E-state index in [0.29, 0.717) is 5.03 Å². The summed E-state index contributed by atoms with van der Waals surface area (Å²) in [6, 6.07) is 13.7. The molecule has 0 fully saturated rings. The van der Waals surface area contributed by atoms with Gasteiger partial charge in [0.05, 0.1) is 23.5 Å². The van der Waals surface area contributed by atoms with E-state index in [-0.39, 0.29) is 12.5 Å². The normalized spacial score (nSPS) is 14.1. The minimum Gasteiger partial charge on any atom is -0.467 e. The average Bonchev–Trinajstić information content (AvgIpc) is 2.68. The van der Waals surface area contributed by atoms with Gasteiger partial charge in [-0.1, -0.05) is 48.2 Å². The van der Waals surface area contributed by atoms with Crippen LogP contribution in [0.25, 0.3) is 0 Å². The first-order chi connectivity index (χ1) is 12.9. The second-order valence-electron chi connectivity index (χ2n) is 6.09. The molecule has 1 unspecified atom stereocenters. The summed E-state index contributed by atoms with van der Waals surface area (Å²) in [6.45, 7) is 3.43. The molecule has 1 heterocycles. The Morgan fingerprint density at radius 3 is 2.37 bits per heavy atom. The van der Waals surface area contributed by atoms with Crippen LogP contribution >= 0.6 is 11.8 Å². The van der Waals surface area contributed by atoms with Gasteiger partial charge in [-0.3, -0.25) is 4.79 Å². The maximum Gasteiger partial charge on any atom is 0.331 e. The van der Waals surface area contributed by atoms with Crippen LogP contribution in [0.15, 0.2) is 59.8 Å². The summed E-state index contributed by atoms with van der Waals surface area (Å²) in [6.07, 6.45) is 0.589. The van der Waals surface area contributed by atoms with Gasteiger partial charge in [0.15, 0.2) is 6.04 Å². The van der Waals surface area contributed by atoms with Gasteiger partial charge < -0.3 is 14.7 Å². The Bertz CT molecular complexity index is 740. The van der Waals surface area contributed by atoms with Crippen LogP contribution in [0, 0.1) is 0 Å². The summed E-state index contributed by atoms with van der Waals surface area (Å²) in [4.78, 5) is 31.1. The average molecular weight is 388 g/mol. The molecule has 144 valence electrons. The Morgan fingerprint density at radius 1 is 1.15 bits per heavy atom. The van der Waals surface area contributed by atoms with E-state index >= 15 is 0 Å². The number of aromatic nitrogens is 1. The van der Waals surface area contributed by atoms with Crippen LogP contribution in [0.5, 0.6) is 0 Å². The van der Waals surface area contributed by atoms with Crippen molar-refractivity contribution >= 4 is 23.6 Å². The van der Waals surface area contributed by atoms with E-state index in [1.165, 1.54) is 30.7 Å². The number of aliphatic hydroxyl groups is 1. The van der Waals surface area contributed by atoms with Crippen LogP contribution in [0.3, 0.4) is 0 Å². The highest BCUT2D eigenvalue weighted by Gasteiger charge is 2.36. The minimum atomic E-state index is -1.09. The van der Waals surface area contributed by atoms with E-state index in [1.807, 2.05) is 42.5 Å². The molecule has 1 amide bonds. The number of benzene rings is 1. The molecule has 1 aromatic heterocycles. The van der Waals surface area contributed by atoms with Gasteiger partial charge in [0.25, 0.3) is 0 Å². The van der Waals surface area contributed by atoms with Crippen LogP contribution < -0.4 is 0 Å². The van der Waals surface area contributed by atoms with Crippen molar-refractivity contribution in [1.82, 2.24) is 9.88 Å². The van der Waals surface area contributed by atoms with Crippen molar-refractivity contribution in [2.75, 3.05) is 7.11 Å². The van der Waals surface area contributed by atoms with Gasteiger partial charge in [0.1, 0.15) is 0 Å². The zero-order valence-electron chi connectivity index (χ0n) is 15.6. The monoisotopic (exact) mass is 388 g/mol. The van der Waals surface area contributed by atoms with E-state index in [0.717, 1.165) is 5.56 Å². The number of hydrogen-bond donors (Lipinski definition) is 1. The lowest BCUT2D eigenvalue weighted by molar-refractivity contribution is -0.157. The first-order valence-electron chi connectivity index (χ1n) is 8.62. The number of carbonyl (C=O) groups is 2. The number of methoxy groups -OCH3 is 1. The number of nitrogens with zero attached hydrogens (tertiary/aromatic N) is 2. The summed E-state index contributed by atoms with van der Waals surface area (Å²) in [5, 5.41) is 10.4. The Kier molecular flexibility index (Phi) is 7.82. The maximum absolute atomic E-state index is 13.2. The van der Waals surface area contributed by atoms with Crippen molar-refractivity contribution in [3.63, 3.8) is 0 Å². The topological polar surface area (TPSA) is 79.7 Å². The molecule has 2 aromatic rings. The smallest absolute Gasteiger partial charge is 0.331 e. The standard InChI is InChI=1S/C20H24N2O4S/c1-14(23)18(20(25)26-3)22(13-16-9-5-4-6-10-16)19(24)15(2)27-17-11-7-8-12-21-17/h4-12,14-15,18,23H,13H2,1-3H3/t14-,15?,18+/m1/s1. The molecule has 0 radical (unpaired) electrons. The Morgan fingerprint density at radius 2 is 1.81 bits per heavy atom. The molecule has 0 saturated heterocycles. The second kappa shape index (κ2) is 10.1. The van der Waals surface area contributed by atoms with E-state index in [2.05, 4.69) is 4.98 Å². The fourth-order valence-corrected chi connectivity index (χ4v) is 3.56. The third-order valence-corrected chi connectivity index (χ3v) is 5.04. The van der Waals surface area contributed by atoms with Crippen LogP contribution in [0.2, 0.25) is 0 Å². The van der Waals surface area contributed by atoms with Crippen LogP contribution in [0.1, 0.15) is 19.4 Å².